The molecule has 0 aliphatic heterocycles. The fourth-order valence-electron chi connectivity index (χ4n) is 0.263. The van der Waals surface area contributed by atoms with Crippen molar-refractivity contribution in [3.63, 3.8) is 0 Å². The molecule has 0 bridgehead atoms. The lowest BCUT2D eigenvalue weighted by atomic mass is 10.8. The van der Waals surface area contributed by atoms with Crippen LogP contribution < -0.4 is 16.3 Å². The normalized spacial score (nSPS) is 8.20. The van der Waals surface area contributed by atoms with Crippen LogP contribution >= 0.6 is 0 Å². The average Bonchev–Trinajstić information content (AvgIpc) is 1.85. The van der Waals surface area contributed by atoms with Crippen molar-refractivity contribution in [2.75, 3.05) is 7.11 Å². The molecular weight excluding hydrogens is 138 g/mol. The zero-order valence-corrected chi connectivity index (χ0v) is 5.72. The third kappa shape index (κ3) is 4.85. The second-order valence-electron chi connectivity index (χ2n) is 1.44. The van der Waals surface area contributed by atoms with Gasteiger partial charge < -0.3 is 0 Å². The van der Waals surface area contributed by atoms with Crippen molar-refractivity contribution in [2.45, 2.75) is 6.92 Å². The summed E-state index contributed by atoms with van der Waals surface area (Å²) in [5.41, 5.74) is 5.99. The number of nitrogens with one attached hydrogen (secondary N) is 3. The number of hydrogen-bond donors (Lipinski definition) is 3. The molecule has 6 nitrogen and oxygen atoms in total. The van der Waals surface area contributed by atoms with Crippen LogP contribution in [0.5, 0.6) is 0 Å². The predicted octanol–water partition coefficient (Wildman–Crippen LogP) is -1.10. The Morgan fingerprint density at radius 1 is 1.30 bits per heavy atom. The first kappa shape index (κ1) is 8.70. The highest BCUT2D eigenvalue weighted by molar-refractivity contribution is 5.78. The smallest absolute Gasteiger partial charge is 0.275 e. The monoisotopic (exact) mass is 147 g/mol. The summed E-state index contributed by atoms with van der Waals surface area (Å²) in [6, 6.07) is -0.627. The number of hydrazine groups is 1. The standard InChI is InChI=1S/C4H9N3O3/c1-3(8)5-6-4(9)7-10-2/h1-2H3,(H,5,8)(H2,6,7,9). The fraction of sp³-hybridized carbons (Fsp3) is 0.500. The molecule has 0 aromatic carbocycles. The first-order valence-electron chi connectivity index (χ1n) is 2.52. The molecule has 0 unspecified atom stereocenters. The summed E-state index contributed by atoms with van der Waals surface area (Å²) in [4.78, 5) is 24.8. The molecule has 0 radical (unpaired) electrons. The van der Waals surface area contributed by atoms with Gasteiger partial charge in [0.05, 0.1) is 7.11 Å². The van der Waals surface area contributed by atoms with E-state index in [-0.39, 0.29) is 5.91 Å². The molecule has 0 rings (SSSR count). The second-order valence-corrected chi connectivity index (χ2v) is 1.44. The first-order chi connectivity index (χ1) is 4.66. The van der Waals surface area contributed by atoms with Crippen LogP contribution in [0, 0.1) is 0 Å². The highest BCUT2D eigenvalue weighted by atomic mass is 16.6. The lowest BCUT2D eigenvalue weighted by Gasteiger charge is -2.03. The number of urea groups is 1. The van der Waals surface area contributed by atoms with Crippen LogP contribution in [-0.4, -0.2) is 19.0 Å². The molecule has 10 heavy (non-hydrogen) atoms. The minimum atomic E-state index is -0.627. The molecule has 0 aromatic rings. The van der Waals surface area contributed by atoms with Crippen molar-refractivity contribution in [2.24, 2.45) is 0 Å². The quantitative estimate of drug-likeness (QED) is 0.412. The Morgan fingerprint density at radius 2 is 1.90 bits per heavy atom. The SMILES string of the molecule is CONC(=O)NNC(C)=O. The zero-order chi connectivity index (χ0) is 7.98. The van der Waals surface area contributed by atoms with Gasteiger partial charge in [0.2, 0.25) is 5.91 Å². The van der Waals surface area contributed by atoms with Crippen molar-refractivity contribution in [3.05, 3.63) is 0 Å². The minimum Gasteiger partial charge on any atom is -0.275 e. The zero-order valence-electron chi connectivity index (χ0n) is 5.72. The summed E-state index contributed by atoms with van der Waals surface area (Å²) < 4.78 is 0. The molecular formula is C4H9N3O3. The Morgan fingerprint density at radius 3 is 2.30 bits per heavy atom. The molecule has 0 aromatic heterocycles. The minimum absolute atomic E-state index is 0.355. The van der Waals surface area contributed by atoms with E-state index >= 15 is 0 Å². The molecule has 0 atom stereocenters. The van der Waals surface area contributed by atoms with Crippen LogP contribution in [0.25, 0.3) is 0 Å². The van der Waals surface area contributed by atoms with E-state index in [1.807, 2.05) is 16.3 Å². The van der Waals surface area contributed by atoms with E-state index in [1.165, 1.54) is 14.0 Å². The maximum Gasteiger partial charge on any atom is 0.357 e. The summed E-state index contributed by atoms with van der Waals surface area (Å²) in [6.45, 7) is 1.27. The molecule has 0 saturated heterocycles. The average molecular weight is 147 g/mol. The molecule has 3 amide bonds. The van der Waals surface area contributed by atoms with Gasteiger partial charge in [-0.15, -0.1) is 0 Å². The van der Waals surface area contributed by atoms with Crippen molar-refractivity contribution < 1.29 is 14.4 Å². The largest absolute Gasteiger partial charge is 0.357 e. The maximum absolute atomic E-state index is 10.4. The van der Waals surface area contributed by atoms with Gasteiger partial charge in [0, 0.05) is 6.92 Å². The highest BCUT2D eigenvalue weighted by Gasteiger charge is 1.96. The van der Waals surface area contributed by atoms with Gasteiger partial charge in [-0.05, 0) is 0 Å². The Bertz CT molecular complexity index is 136. The van der Waals surface area contributed by atoms with Gasteiger partial charge in [0.25, 0.3) is 0 Å². The van der Waals surface area contributed by atoms with E-state index in [0.29, 0.717) is 0 Å². The molecule has 58 valence electrons. The van der Waals surface area contributed by atoms with Crippen LogP contribution in [0.1, 0.15) is 6.92 Å². The van der Waals surface area contributed by atoms with E-state index in [4.69, 9.17) is 0 Å². The van der Waals surface area contributed by atoms with E-state index in [2.05, 4.69) is 4.84 Å². The molecule has 0 aliphatic rings. The van der Waals surface area contributed by atoms with Gasteiger partial charge in [0.1, 0.15) is 0 Å². The molecule has 3 N–H and O–H groups in total. The third-order valence-corrected chi connectivity index (χ3v) is 0.547. The summed E-state index contributed by atoms with van der Waals surface area (Å²) in [5.74, 6) is -0.355. The van der Waals surface area contributed by atoms with Crippen LogP contribution in [-0.2, 0) is 9.63 Å². The molecule has 0 aliphatic carbocycles. The van der Waals surface area contributed by atoms with Crippen LogP contribution in [0.2, 0.25) is 0 Å². The second kappa shape index (κ2) is 4.57. The van der Waals surface area contributed by atoms with Crippen molar-refractivity contribution in [1.82, 2.24) is 16.3 Å². The van der Waals surface area contributed by atoms with Crippen molar-refractivity contribution in [3.8, 4) is 0 Å². The summed E-state index contributed by atoms with van der Waals surface area (Å²) >= 11 is 0. The molecule has 0 saturated carbocycles. The predicted molar refractivity (Wildman–Crippen MR) is 32.5 cm³/mol. The highest BCUT2D eigenvalue weighted by Crippen LogP contribution is 1.59. The van der Waals surface area contributed by atoms with Gasteiger partial charge in [0.15, 0.2) is 0 Å². The topological polar surface area (TPSA) is 79.5 Å². The number of carbonyl (C=O) groups is 2. The van der Waals surface area contributed by atoms with E-state index in [9.17, 15) is 9.59 Å². The number of hydroxylamine groups is 1. The third-order valence-electron chi connectivity index (χ3n) is 0.547. The number of amides is 3. The Hall–Kier alpha value is -1.30. The molecule has 0 spiro atoms. The van der Waals surface area contributed by atoms with Gasteiger partial charge in [-0.2, -0.15) is 0 Å². The van der Waals surface area contributed by atoms with Crippen molar-refractivity contribution >= 4 is 11.9 Å². The Kier molecular flexibility index (Phi) is 3.97. The molecule has 0 fully saturated rings. The summed E-state index contributed by atoms with van der Waals surface area (Å²) in [5, 5.41) is 0. The number of rotatable bonds is 1. The van der Waals surface area contributed by atoms with Gasteiger partial charge in [-0.1, -0.05) is 0 Å². The van der Waals surface area contributed by atoms with Crippen LogP contribution in [0.15, 0.2) is 0 Å². The Labute approximate surface area is 57.8 Å². The van der Waals surface area contributed by atoms with Crippen LogP contribution in [0.3, 0.4) is 0 Å². The summed E-state index contributed by atoms with van der Waals surface area (Å²) in [6.07, 6.45) is 0. The van der Waals surface area contributed by atoms with E-state index in [0.717, 1.165) is 0 Å². The van der Waals surface area contributed by atoms with E-state index in [1.54, 1.807) is 0 Å². The molecule has 0 heterocycles. The van der Waals surface area contributed by atoms with Gasteiger partial charge in [-0.25, -0.2) is 15.7 Å². The Balaban J connectivity index is 3.30. The van der Waals surface area contributed by atoms with Gasteiger partial charge in [-0.3, -0.25) is 15.1 Å². The maximum atomic E-state index is 10.4. The lowest BCUT2D eigenvalue weighted by molar-refractivity contribution is -0.119. The van der Waals surface area contributed by atoms with E-state index < -0.39 is 6.03 Å². The fourth-order valence-corrected chi connectivity index (χ4v) is 0.263. The lowest BCUT2D eigenvalue weighted by Crippen LogP contribution is -2.45. The van der Waals surface area contributed by atoms with Crippen LogP contribution in [0.4, 0.5) is 4.79 Å². The molecule has 6 heteroatoms. The number of hydrogen-bond acceptors (Lipinski definition) is 3. The van der Waals surface area contributed by atoms with Crippen molar-refractivity contribution in [1.29, 1.82) is 0 Å². The number of carbonyl (C=O) groups excluding carboxylic acids is 2. The van der Waals surface area contributed by atoms with Gasteiger partial charge >= 0.3 is 6.03 Å². The summed E-state index contributed by atoms with van der Waals surface area (Å²) in [7, 11) is 1.29. The first-order valence-corrected chi connectivity index (χ1v) is 2.52.